The topological polar surface area (TPSA) is 41.3 Å². The minimum Gasteiger partial charge on any atom is -0.398 e. The number of hydrogen-bond donors (Lipinski definition) is 2. The van der Waals surface area contributed by atoms with Crippen molar-refractivity contribution in [3.8, 4) is 0 Å². The zero-order chi connectivity index (χ0) is 16.1. The molecule has 0 amide bonds. The second-order valence-electron chi connectivity index (χ2n) is 6.71. The van der Waals surface area contributed by atoms with Crippen molar-refractivity contribution in [1.82, 2.24) is 4.90 Å². The Morgan fingerprint density at radius 1 is 1.04 bits per heavy atom. The summed E-state index contributed by atoms with van der Waals surface area (Å²) in [7, 11) is 0. The molecule has 3 N–H and O–H groups in total. The molecule has 0 radical (unpaired) electrons. The minimum absolute atomic E-state index is 0.760. The van der Waals surface area contributed by atoms with Gasteiger partial charge in [-0.25, -0.2) is 0 Å². The molecule has 1 fully saturated rings. The molecular weight excluding hydrogens is 282 g/mol. The fourth-order valence-corrected chi connectivity index (χ4v) is 3.10. The quantitative estimate of drug-likeness (QED) is 0.817. The van der Waals surface area contributed by atoms with E-state index in [-0.39, 0.29) is 0 Å². The van der Waals surface area contributed by atoms with Gasteiger partial charge in [-0.1, -0.05) is 37.3 Å². The molecule has 23 heavy (non-hydrogen) atoms. The van der Waals surface area contributed by atoms with Gasteiger partial charge in [0.25, 0.3) is 0 Å². The summed E-state index contributed by atoms with van der Waals surface area (Å²) in [6.45, 7) is 6.65. The molecule has 0 spiro atoms. The third kappa shape index (κ3) is 4.49. The van der Waals surface area contributed by atoms with E-state index in [0.29, 0.717) is 0 Å². The van der Waals surface area contributed by atoms with E-state index in [4.69, 9.17) is 5.73 Å². The third-order valence-electron chi connectivity index (χ3n) is 4.77. The zero-order valence-corrected chi connectivity index (χ0v) is 14.0. The van der Waals surface area contributed by atoms with Gasteiger partial charge in [0.15, 0.2) is 0 Å². The maximum absolute atomic E-state index is 5.98. The number of piperidine rings is 1. The van der Waals surface area contributed by atoms with Crippen LogP contribution in [0.25, 0.3) is 0 Å². The fourth-order valence-electron chi connectivity index (χ4n) is 3.10. The van der Waals surface area contributed by atoms with E-state index in [1.807, 2.05) is 18.2 Å². The number of nitrogens with zero attached hydrogens (tertiary/aromatic N) is 1. The van der Waals surface area contributed by atoms with Crippen LogP contribution in [0.5, 0.6) is 0 Å². The first-order chi connectivity index (χ1) is 11.2. The van der Waals surface area contributed by atoms with E-state index >= 15 is 0 Å². The van der Waals surface area contributed by atoms with Crippen LogP contribution in [0.1, 0.15) is 30.9 Å². The Morgan fingerprint density at radius 3 is 2.43 bits per heavy atom. The van der Waals surface area contributed by atoms with Gasteiger partial charge in [0.1, 0.15) is 0 Å². The number of para-hydroxylation sites is 1. The Balaban J connectivity index is 1.52. The third-order valence-corrected chi connectivity index (χ3v) is 4.77. The average Bonchev–Trinajstić information content (AvgIpc) is 2.58. The minimum atomic E-state index is 0.760. The van der Waals surface area contributed by atoms with E-state index in [1.54, 1.807) is 0 Å². The highest BCUT2D eigenvalue weighted by molar-refractivity contribution is 5.50. The number of nitrogen functional groups attached to an aromatic ring is 1. The molecule has 0 unspecified atom stereocenters. The number of benzene rings is 2. The van der Waals surface area contributed by atoms with Gasteiger partial charge in [-0.05, 0) is 61.2 Å². The maximum atomic E-state index is 5.98. The molecule has 1 saturated heterocycles. The van der Waals surface area contributed by atoms with Gasteiger partial charge in [-0.3, -0.25) is 4.90 Å². The highest BCUT2D eigenvalue weighted by Gasteiger charge is 2.15. The number of nitrogens with one attached hydrogen (secondary N) is 1. The lowest BCUT2D eigenvalue weighted by molar-refractivity contribution is 0.185. The predicted molar refractivity (Wildman–Crippen MR) is 98.3 cm³/mol. The standard InChI is InChI=1S/C20H27N3/c1-16-10-12-23(13-11-16)15-17-6-8-19(9-7-17)22-14-18-4-2-3-5-20(18)21/h2-9,16,22H,10-15,21H2,1H3. The SMILES string of the molecule is CC1CCN(Cc2ccc(NCc3ccccc3N)cc2)CC1. The molecule has 0 bridgehead atoms. The van der Waals surface area contributed by atoms with E-state index in [2.05, 4.69) is 47.5 Å². The number of hydrogen-bond acceptors (Lipinski definition) is 3. The summed E-state index contributed by atoms with van der Waals surface area (Å²) in [5.41, 5.74) is 10.5. The molecule has 3 heteroatoms. The van der Waals surface area contributed by atoms with Crippen LogP contribution in [0.4, 0.5) is 11.4 Å². The molecule has 122 valence electrons. The van der Waals surface area contributed by atoms with Gasteiger partial charge in [-0.2, -0.15) is 0 Å². The number of nitrogens with two attached hydrogens (primary N) is 1. The van der Waals surface area contributed by atoms with Gasteiger partial charge in [0, 0.05) is 24.5 Å². The Labute approximate surface area is 139 Å². The number of rotatable bonds is 5. The zero-order valence-electron chi connectivity index (χ0n) is 14.0. The van der Waals surface area contributed by atoms with Crippen LogP contribution in [-0.2, 0) is 13.1 Å². The van der Waals surface area contributed by atoms with Gasteiger partial charge in [0.2, 0.25) is 0 Å². The second kappa shape index (κ2) is 7.51. The van der Waals surface area contributed by atoms with Crippen LogP contribution in [0.15, 0.2) is 48.5 Å². The van der Waals surface area contributed by atoms with E-state index in [0.717, 1.165) is 35.9 Å². The highest BCUT2D eigenvalue weighted by Crippen LogP contribution is 2.19. The second-order valence-corrected chi connectivity index (χ2v) is 6.71. The first-order valence-electron chi connectivity index (χ1n) is 8.59. The van der Waals surface area contributed by atoms with Crippen molar-refractivity contribution in [2.24, 2.45) is 5.92 Å². The molecular formula is C20H27N3. The van der Waals surface area contributed by atoms with Crippen molar-refractivity contribution < 1.29 is 0 Å². The lowest BCUT2D eigenvalue weighted by atomic mass is 9.99. The Bertz CT molecular complexity index is 613. The maximum Gasteiger partial charge on any atom is 0.0421 e. The van der Waals surface area contributed by atoms with Crippen LogP contribution in [0.2, 0.25) is 0 Å². The van der Waals surface area contributed by atoms with Gasteiger partial charge < -0.3 is 11.1 Å². The lowest BCUT2D eigenvalue weighted by Gasteiger charge is -2.30. The van der Waals surface area contributed by atoms with Crippen LogP contribution in [0, 0.1) is 5.92 Å². The molecule has 1 heterocycles. The largest absolute Gasteiger partial charge is 0.398 e. The molecule has 0 atom stereocenters. The van der Waals surface area contributed by atoms with E-state index < -0.39 is 0 Å². The normalized spacial score (nSPS) is 16.4. The molecule has 0 aromatic heterocycles. The van der Waals surface area contributed by atoms with Crippen LogP contribution < -0.4 is 11.1 Å². The van der Waals surface area contributed by atoms with Crippen molar-refractivity contribution in [3.63, 3.8) is 0 Å². The first-order valence-corrected chi connectivity index (χ1v) is 8.59. The van der Waals surface area contributed by atoms with Gasteiger partial charge >= 0.3 is 0 Å². The average molecular weight is 309 g/mol. The van der Waals surface area contributed by atoms with Crippen molar-refractivity contribution in [2.75, 3.05) is 24.1 Å². The fraction of sp³-hybridized carbons (Fsp3) is 0.400. The number of likely N-dealkylation sites (tertiary alicyclic amines) is 1. The van der Waals surface area contributed by atoms with Crippen molar-refractivity contribution in [1.29, 1.82) is 0 Å². The van der Waals surface area contributed by atoms with Gasteiger partial charge in [-0.15, -0.1) is 0 Å². The number of anilines is 2. The summed E-state index contributed by atoms with van der Waals surface area (Å²) in [6, 6.07) is 16.8. The molecule has 0 aliphatic carbocycles. The lowest BCUT2D eigenvalue weighted by Crippen LogP contribution is -2.32. The monoisotopic (exact) mass is 309 g/mol. The van der Waals surface area contributed by atoms with Crippen molar-refractivity contribution >= 4 is 11.4 Å². The molecule has 2 aromatic rings. The Morgan fingerprint density at radius 2 is 1.74 bits per heavy atom. The summed E-state index contributed by atoms with van der Waals surface area (Å²) in [5, 5.41) is 3.44. The van der Waals surface area contributed by atoms with Crippen LogP contribution >= 0.6 is 0 Å². The summed E-state index contributed by atoms with van der Waals surface area (Å²) in [5.74, 6) is 0.892. The summed E-state index contributed by atoms with van der Waals surface area (Å²) in [6.07, 6.45) is 2.66. The van der Waals surface area contributed by atoms with Gasteiger partial charge in [0.05, 0.1) is 0 Å². The first kappa shape index (κ1) is 15.9. The van der Waals surface area contributed by atoms with E-state index in [1.165, 1.54) is 31.5 Å². The van der Waals surface area contributed by atoms with Crippen LogP contribution in [-0.4, -0.2) is 18.0 Å². The predicted octanol–water partition coefficient (Wildman–Crippen LogP) is 4.11. The highest BCUT2D eigenvalue weighted by atomic mass is 15.1. The van der Waals surface area contributed by atoms with Crippen molar-refractivity contribution in [3.05, 3.63) is 59.7 Å². The molecule has 3 nitrogen and oxygen atoms in total. The van der Waals surface area contributed by atoms with Crippen molar-refractivity contribution in [2.45, 2.75) is 32.9 Å². The molecule has 1 aliphatic rings. The van der Waals surface area contributed by atoms with E-state index in [9.17, 15) is 0 Å². The smallest absolute Gasteiger partial charge is 0.0421 e. The molecule has 2 aromatic carbocycles. The Kier molecular flexibility index (Phi) is 5.19. The summed E-state index contributed by atoms with van der Waals surface area (Å²) >= 11 is 0. The molecule has 3 rings (SSSR count). The Hall–Kier alpha value is -2.00. The molecule has 0 saturated carbocycles. The van der Waals surface area contributed by atoms with Crippen LogP contribution in [0.3, 0.4) is 0 Å². The summed E-state index contributed by atoms with van der Waals surface area (Å²) in [4.78, 5) is 2.56. The molecule has 1 aliphatic heterocycles. The summed E-state index contributed by atoms with van der Waals surface area (Å²) < 4.78 is 0.